The number of nitro groups is 1. The quantitative estimate of drug-likeness (QED) is 0.628. The molecule has 0 amide bonds. The van der Waals surface area contributed by atoms with E-state index in [1.165, 1.54) is 30.3 Å². The molecule has 0 aliphatic carbocycles. The van der Waals surface area contributed by atoms with E-state index < -0.39 is 22.2 Å². The number of hydrogen-bond donors (Lipinski definition) is 0. The summed E-state index contributed by atoms with van der Waals surface area (Å²) in [7, 11) is 0. The van der Waals surface area contributed by atoms with Gasteiger partial charge in [0.1, 0.15) is 18.2 Å². The van der Waals surface area contributed by atoms with Crippen LogP contribution in [0.25, 0.3) is 0 Å². The van der Waals surface area contributed by atoms with E-state index in [4.69, 9.17) is 4.74 Å². The van der Waals surface area contributed by atoms with Gasteiger partial charge in [0.15, 0.2) is 0 Å². The first kappa shape index (κ1) is 12.9. The van der Waals surface area contributed by atoms with E-state index in [2.05, 4.69) is 0 Å². The summed E-state index contributed by atoms with van der Waals surface area (Å²) in [6.07, 6.45) is 0. The highest BCUT2D eigenvalue weighted by Crippen LogP contribution is 2.22. The zero-order chi connectivity index (χ0) is 13.8. The standard InChI is InChI=1S/C13H9F2NO3/c14-10-4-2-5-11(7-10)19-8-9-3-1-6-12(13(9)15)16(17)18/h1-7H,8H2. The van der Waals surface area contributed by atoms with Crippen molar-refractivity contribution >= 4 is 5.69 Å². The molecule has 0 heterocycles. The Balaban J connectivity index is 2.16. The zero-order valence-corrected chi connectivity index (χ0v) is 9.68. The molecule has 0 unspecified atom stereocenters. The SMILES string of the molecule is O=[N+]([O-])c1cccc(COc2cccc(F)c2)c1F. The van der Waals surface area contributed by atoms with Crippen LogP contribution in [0.3, 0.4) is 0 Å². The predicted octanol–water partition coefficient (Wildman–Crippen LogP) is 3.45. The topological polar surface area (TPSA) is 52.4 Å². The summed E-state index contributed by atoms with van der Waals surface area (Å²) in [6.45, 7) is -0.211. The van der Waals surface area contributed by atoms with E-state index in [1.54, 1.807) is 0 Å². The molecule has 0 N–H and O–H groups in total. The van der Waals surface area contributed by atoms with Gasteiger partial charge < -0.3 is 4.74 Å². The van der Waals surface area contributed by atoms with Crippen LogP contribution in [0.1, 0.15) is 5.56 Å². The van der Waals surface area contributed by atoms with Crippen molar-refractivity contribution in [3.63, 3.8) is 0 Å². The minimum absolute atomic E-state index is 0.0402. The molecule has 6 heteroatoms. The summed E-state index contributed by atoms with van der Waals surface area (Å²) in [5.74, 6) is -1.19. The molecule has 4 nitrogen and oxygen atoms in total. The number of benzene rings is 2. The molecule has 0 saturated carbocycles. The Bertz CT molecular complexity index is 617. The Labute approximate surface area is 107 Å². The average Bonchev–Trinajstić information content (AvgIpc) is 2.37. The second-order valence-corrected chi connectivity index (χ2v) is 3.75. The van der Waals surface area contributed by atoms with E-state index in [0.29, 0.717) is 0 Å². The van der Waals surface area contributed by atoms with Gasteiger partial charge in [0, 0.05) is 17.7 Å². The van der Waals surface area contributed by atoms with Gasteiger partial charge in [-0.05, 0) is 12.1 Å². The smallest absolute Gasteiger partial charge is 0.305 e. The van der Waals surface area contributed by atoms with Crippen molar-refractivity contribution in [2.45, 2.75) is 6.61 Å². The second kappa shape index (κ2) is 5.43. The Morgan fingerprint density at radius 1 is 1.16 bits per heavy atom. The Morgan fingerprint density at radius 2 is 1.89 bits per heavy atom. The highest BCUT2D eigenvalue weighted by molar-refractivity contribution is 5.36. The molecule has 0 spiro atoms. The normalized spacial score (nSPS) is 10.2. The monoisotopic (exact) mass is 265 g/mol. The van der Waals surface area contributed by atoms with Gasteiger partial charge in [-0.1, -0.05) is 18.2 Å². The first-order chi connectivity index (χ1) is 9.08. The fraction of sp³-hybridized carbons (Fsp3) is 0.0769. The fourth-order valence-electron chi connectivity index (χ4n) is 1.54. The molecule has 0 atom stereocenters. The molecule has 0 bridgehead atoms. The maximum absolute atomic E-state index is 13.7. The molecule has 0 fully saturated rings. The fourth-order valence-corrected chi connectivity index (χ4v) is 1.54. The van der Waals surface area contributed by atoms with Gasteiger partial charge in [0.2, 0.25) is 5.82 Å². The van der Waals surface area contributed by atoms with E-state index in [-0.39, 0.29) is 17.9 Å². The average molecular weight is 265 g/mol. The maximum atomic E-state index is 13.7. The van der Waals surface area contributed by atoms with Crippen molar-refractivity contribution in [2.24, 2.45) is 0 Å². The molecular formula is C13H9F2NO3. The molecule has 19 heavy (non-hydrogen) atoms. The lowest BCUT2D eigenvalue weighted by Crippen LogP contribution is -2.01. The third kappa shape index (κ3) is 3.04. The van der Waals surface area contributed by atoms with E-state index in [0.717, 1.165) is 12.1 Å². The van der Waals surface area contributed by atoms with Gasteiger partial charge in [-0.25, -0.2) is 4.39 Å². The zero-order valence-electron chi connectivity index (χ0n) is 9.68. The van der Waals surface area contributed by atoms with Crippen molar-refractivity contribution in [3.8, 4) is 5.75 Å². The van der Waals surface area contributed by atoms with Crippen LogP contribution in [0.5, 0.6) is 5.75 Å². The maximum Gasteiger partial charge on any atom is 0.305 e. The van der Waals surface area contributed by atoms with Crippen LogP contribution in [0.15, 0.2) is 42.5 Å². The highest BCUT2D eigenvalue weighted by atomic mass is 19.1. The van der Waals surface area contributed by atoms with Crippen LogP contribution >= 0.6 is 0 Å². The Morgan fingerprint density at radius 3 is 2.58 bits per heavy atom. The van der Waals surface area contributed by atoms with Crippen molar-refractivity contribution in [3.05, 3.63) is 69.8 Å². The molecule has 2 aromatic carbocycles. The van der Waals surface area contributed by atoms with Gasteiger partial charge in [0.25, 0.3) is 0 Å². The lowest BCUT2D eigenvalue weighted by Gasteiger charge is -2.07. The molecule has 0 radical (unpaired) electrons. The number of halogens is 2. The number of ether oxygens (including phenoxy) is 1. The van der Waals surface area contributed by atoms with Crippen molar-refractivity contribution in [1.29, 1.82) is 0 Å². The molecule has 98 valence electrons. The predicted molar refractivity (Wildman–Crippen MR) is 63.8 cm³/mol. The number of hydrogen-bond acceptors (Lipinski definition) is 3. The molecule has 2 aromatic rings. The third-order valence-electron chi connectivity index (χ3n) is 2.45. The molecule has 2 rings (SSSR count). The summed E-state index contributed by atoms with van der Waals surface area (Å²) in [4.78, 5) is 9.76. The van der Waals surface area contributed by atoms with Crippen LogP contribution in [-0.4, -0.2) is 4.92 Å². The second-order valence-electron chi connectivity index (χ2n) is 3.75. The molecule has 0 aliphatic rings. The van der Waals surface area contributed by atoms with Crippen LogP contribution in [0, 0.1) is 21.7 Å². The summed E-state index contributed by atoms with van der Waals surface area (Å²) in [5.41, 5.74) is -0.571. The molecule has 0 aromatic heterocycles. The van der Waals surface area contributed by atoms with Crippen LogP contribution < -0.4 is 4.74 Å². The first-order valence-electron chi connectivity index (χ1n) is 5.38. The number of nitro benzene ring substituents is 1. The lowest BCUT2D eigenvalue weighted by molar-refractivity contribution is -0.387. The van der Waals surface area contributed by atoms with Gasteiger partial charge >= 0.3 is 5.69 Å². The van der Waals surface area contributed by atoms with Crippen LogP contribution in [0.2, 0.25) is 0 Å². The molecule has 0 saturated heterocycles. The first-order valence-corrected chi connectivity index (χ1v) is 5.38. The van der Waals surface area contributed by atoms with E-state index >= 15 is 0 Å². The van der Waals surface area contributed by atoms with Gasteiger partial charge in [-0.3, -0.25) is 10.1 Å². The Kier molecular flexibility index (Phi) is 3.70. The lowest BCUT2D eigenvalue weighted by atomic mass is 10.2. The summed E-state index contributed by atoms with van der Waals surface area (Å²) in [6, 6.07) is 9.18. The van der Waals surface area contributed by atoms with Crippen molar-refractivity contribution in [1.82, 2.24) is 0 Å². The van der Waals surface area contributed by atoms with Gasteiger partial charge in [0.05, 0.1) is 4.92 Å². The van der Waals surface area contributed by atoms with Crippen LogP contribution in [-0.2, 0) is 6.61 Å². The summed E-state index contributed by atoms with van der Waals surface area (Å²) in [5, 5.41) is 10.6. The minimum Gasteiger partial charge on any atom is -0.489 e. The Hall–Kier alpha value is -2.50. The summed E-state index contributed by atoms with van der Waals surface area (Å²) >= 11 is 0. The highest BCUT2D eigenvalue weighted by Gasteiger charge is 2.17. The van der Waals surface area contributed by atoms with Crippen molar-refractivity contribution in [2.75, 3.05) is 0 Å². The number of nitrogens with zero attached hydrogens (tertiary/aromatic N) is 1. The minimum atomic E-state index is -0.941. The third-order valence-corrected chi connectivity index (χ3v) is 2.45. The largest absolute Gasteiger partial charge is 0.489 e. The number of rotatable bonds is 4. The van der Waals surface area contributed by atoms with Gasteiger partial charge in [-0.15, -0.1) is 0 Å². The molecule has 0 aliphatic heterocycles. The summed E-state index contributed by atoms with van der Waals surface area (Å²) < 4.78 is 31.8. The van der Waals surface area contributed by atoms with Crippen LogP contribution in [0.4, 0.5) is 14.5 Å². The van der Waals surface area contributed by atoms with Crippen molar-refractivity contribution < 1.29 is 18.4 Å². The van der Waals surface area contributed by atoms with E-state index in [1.807, 2.05) is 0 Å². The van der Waals surface area contributed by atoms with Gasteiger partial charge in [-0.2, -0.15) is 4.39 Å². The van der Waals surface area contributed by atoms with E-state index in [9.17, 15) is 18.9 Å². The molecular weight excluding hydrogens is 256 g/mol.